The molecule has 23 heavy (non-hydrogen) atoms. The largest absolute Gasteiger partial charge is 0.337 e. The van der Waals surface area contributed by atoms with Crippen molar-refractivity contribution in [3.8, 4) is 5.69 Å². The summed E-state index contributed by atoms with van der Waals surface area (Å²) in [5, 5.41) is 8.22. The lowest BCUT2D eigenvalue weighted by Gasteiger charge is -2.29. The number of nitrogens with zero attached hydrogens (tertiary/aromatic N) is 4. The van der Waals surface area contributed by atoms with Crippen LogP contribution < -0.4 is 5.73 Å². The second-order valence-electron chi connectivity index (χ2n) is 5.54. The van der Waals surface area contributed by atoms with Gasteiger partial charge in [0.15, 0.2) is 5.69 Å². The van der Waals surface area contributed by atoms with E-state index in [4.69, 9.17) is 5.73 Å². The lowest BCUT2D eigenvalue weighted by atomic mass is 10.1. The molecular weight excluding hydrogens is 382 g/mol. The number of hydrogen-bond donors (Lipinski definition) is 1. The quantitative estimate of drug-likeness (QED) is 0.839. The van der Waals surface area contributed by atoms with Gasteiger partial charge in [-0.15, -0.1) is 17.5 Å². The van der Waals surface area contributed by atoms with E-state index in [1.807, 2.05) is 36.1 Å². The SMILES string of the molecule is Cc1c(C(=O)N2CCC(N)CC2)nnn1-c1cccc(Br)c1.Cl. The average molecular weight is 401 g/mol. The van der Waals surface area contributed by atoms with E-state index in [-0.39, 0.29) is 24.4 Å². The summed E-state index contributed by atoms with van der Waals surface area (Å²) in [4.78, 5) is 14.4. The molecule has 0 unspecified atom stereocenters. The highest BCUT2D eigenvalue weighted by molar-refractivity contribution is 9.10. The van der Waals surface area contributed by atoms with Crippen LogP contribution in [-0.2, 0) is 0 Å². The molecule has 0 saturated carbocycles. The van der Waals surface area contributed by atoms with Crippen LogP contribution >= 0.6 is 28.3 Å². The van der Waals surface area contributed by atoms with Crippen molar-refractivity contribution >= 4 is 34.2 Å². The van der Waals surface area contributed by atoms with Crippen LogP contribution in [0, 0.1) is 6.92 Å². The Morgan fingerprint density at radius 3 is 2.70 bits per heavy atom. The zero-order chi connectivity index (χ0) is 15.7. The molecule has 0 aliphatic carbocycles. The molecule has 3 rings (SSSR count). The van der Waals surface area contributed by atoms with E-state index in [0.717, 1.165) is 28.7 Å². The van der Waals surface area contributed by atoms with Crippen molar-refractivity contribution in [1.29, 1.82) is 0 Å². The lowest BCUT2D eigenvalue weighted by Crippen LogP contribution is -2.43. The average Bonchev–Trinajstić information content (AvgIpc) is 2.89. The van der Waals surface area contributed by atoms with Gasteiger partial charge in [0.2, 0.25) is 0 Å². The van der Waals surface area contributed by atoms with Crippen molar-refractivity contribution in [1.82, 2.24) is 19.9 Å². The van der Waals surface area contributed by atoms with Gasteiger partial charge in [-0.3, -0.25) is 4.79 Å². The number of nitrogens with two attached hydrogens (primary N) is 1. The van der Waals surface area contributed by atoms with Crippen molar-refractivity contribution < 1.29 is 4.79 Å². The Hall–Kier alpha value is -1.44. The van der Waals surface area contributed by atoms with Gasteiger partial charge < -0.3 is 10.6 Å². The molecule has 0 bridgehead atoms. The Labute approximate surface area is 149 Å². The van der Waals surface area contributed by atoms with Crippen LogP contribution in [0.2, 0.25) is 0 Å². The Bertz CT molecular complexity index is 697. The van der Waals surface area contributed by atoms with E-state index in [1.165, 1.54) is 0 Å². The molecule has 2 N–H and O–H groups in total. The third kappa shape index (κ3) is 3.73. The molecule has 1 saturated heterocycles. The van der Waals surface area contributed by atoms with Gasteiger partial charge in [0.1, 0.15) is 0 Å². The normalized spacial score (nSPS) is 15.3. The summed E-state index contributed by atoms with van der Waals surface area (Å²) in [7, 11) is 0. The maximum Gasteiger partial charge on any atom is 0.276 e. The number of carbonyl (C=O) groups excluding carboxylic acids is 1. The Morgan fingerprint density at radius 1 is 1.35 bits per heavy atom. The predicted molar refractivity (Wildman–Crippen MR) is 94.2 cm³/mol. The van der Waals surface area contributed by atoms with Gasteiger partial charge in [0.05, 0.1) is 11.4 Å². The molecule has 1 aliphatic rings. The fourth-order valence-corrected chi connectivity index (χ4v) is 3.02. The molecule has 8 heteroatoms. The second-order valence-corrected chi connectivity index (χ2v) is 6.46. The molecule has 1 aliphatic heterocycles. The molecule has 6 nitrogen and oxygen atoms in total. The minimum absolute atomic E-state index is 0. The van der Waals surface area contributed by atoms with E-state index < -0.39 is 0 Å². The molecule has 1 aromatic carbocycles. The lowest BCUT2D eigenvalue weighted by molar-refractivity contribution is 0.0708. The van der Waals surface area contributed by atoms with Crippen molar-refractivity contribution in [3.63, 3.8) is 0 Å². The van der Waals surface area contributed by atoms with E-state index >= 15 is 0 Å². The van der Waals surface area contributed by atoms with Crippen LogP contribution in [0.25, 0.3) is 5.69 Å². The van der Waals surface area contributed by atoms with Gasteiger partial charge in [-0.2, -0.15) is 0 Å². The van der Waals surface area contributed by atoms with Crippen LogP contribution in [0.1, 0.15) is 29.0 Å². The molecule has 1 aromatic heterocycles. The number of rotatable bonds is 2. The Kier molecular flexibility index (Phi) is 5.78. The van der Waals surface area contributed by atoms with Gasteiger partial charge in [-0.25, -0.2) is 4.68 Å². The molecule has 0 radical (unpaired) electrons. The van der Waals surface area contributed by atoms with E-state index in [9.17, 15) is 4.79 Å². The first-order valence-electron chi connectivity index (χ1n) is 7.29. The predicted octanol–water partition coefficient (Wildman–Crippen LogP) is 2.32. The van der Waals surface area contributed by atoms with Gasteiger partial charge >= 0.3 is 0 Å². The number of carbonyl (C=O) groups is 1. The summed E-state index contributed by atoms with van der Waals surface area (Å²) in [6.07, 6.45) is 1.68. The first-order valence-corrected chi connectivity index (χ1v) is 8.08. The zero-order valence-corrected chi connectivity index (χ0v) is 15.2. The monoisotopic (exact) mass is 399 g/mol. The van der Waals surface area contributed by atoms with Crippen LogP contribution in [0.4, 0.5) is 0 Å². The van der Waals surface area contributed by atoms with Gasteiger partial charge in [0, 0.05) is 23.6 Å². The summed E-state index contributed by atoms with van der Waals surface area (Å²) >= 11 is 3.44. The van der Waals surface area contributed by atoms with E-state index in [2.05, 4.69) is 26.2 Å². The minimum Gasteiger partial charge on any atom is -0.337 e. The molecular formula is C15H19BrClN5O. The van der Waals surface area contributed by atoms with Crippen molar-refractivity contribution in [2.45, 2.75) is 25.8 Å². The highest BCUT2D eigenvalue weighted by atomic mass is 79.9. The highest BCUT2D eigenvalue weighted by Gasteiger charge is 2.26. The van der Waals surface area contributed by atoms with Gasteiger partial charge in [-0.1, -0.05) is 27.2 Å². The summed E-state index contributed by atoms with van der Waals surface area (Å²) in [6, 6.07) is 7.94. The molecule has 2 aromatic rings. The third-order valence-corrected chi connectivity index (χ3v) is 4.47. The number of halogens is 2. The van der Waals surface area contributed by atoms with E-state index in [0.29, 0.717) is 18.8 Å². The van der Waals surface area contributed by atoms with Crippen molar-refractivity contribution in [2.75, 3.05) is 13.1 Å². The summed E-state index contributed by atoms with van der Waals surface area (Å²) in [5.74, 6) is -0.0642. The molecule has 0 atom stereocenters. The molecule has 1 fully saturated rings. The second kappa shape index (κ2) is 7.42. The number of aromatic nitrogens is 3. The molecule has 1 amide bonds. The van der Waals surface area contributed by atoms with Crippen molar-refractivity contribution in [3.05, 3.63) is 40.1 Å². The Balaban J connectivity index is 0.00000192. The fourth-order valence-electron chi connectivity index (χ4n) is 2.63. The molecule has 124 valence electrons. The van der Waals surface area contributed by atoms with Crippen LogP contribution in [0.3, 0.4) is 0 Å². The highest BCUT2D eigenvalue weighted by Crippen LogP contribution is 2.19. The Morgan fingerprint density at radius 2 is 2.04 bits per heavy atom. The number of benzene rings is 1. The summed E-state index contributed by atoms with van der Waals surface area (Å²) in [6.45, 7) is 3.23. The van der Waals surface area contributed by atoms with Gasteiger partial charge in [-0.05, 0) is 38.0 Å². The number of hydrogen-bond acceptors (Lipinski definition) is 4. The number of likely N-dealkylation sites (tertiary alicyclic amines) is 1. The third-order valence-electron chi connectivity index (χ3n) is 3.98. The fraction of sp³-hybridized carbons (Fsp3) is 0.400. The topological polar surface area (TPSA) is 77.0 Å². The summed E-state index contributed by atoms with van der Waals surface area (Å²) in [5.41, 5.74) is 7.92. The van der Waals surface area contributed by atoms with E-state index in [1.54, 1.807) is 4.68 Å². The smallest absolute Gasteiger partial charge is 0.276 e. The van der Waals surface area contributed by atoms with Crippen LogP contribution in [0.5, 0.6) is 0 Å². The van der Waals surface area contributed by atoms with Crippen molar-refractivity contribution in [2.24, 2.45) is 5.73 Å². The zero-order valence-electron chi connectivity index (χ0n) is 12.8. The van der Waals surface area contributed by atoms with Crippen LogP contribution in [0.15, 0.2) is 28.7 Å². The van der Waals surface area contributed by atoms with Crippen LogP contribution in [-0.4, -0.2) is 44.9 Å². The standard InChI is InChI=1S/C15H18BrN5O.ClH/c1-10-14(15(22)20-7-5-12(17)6-8-20)18-19-21(10)13-4-2-3-11(16)9-13;/h2-4,9,12H,5-8,17H2,1H3;1H. The maximum absolute atomic E-state index is 12.6. The number of piperidine rings is 1. The van der Waals surface area contributed by atoms with Gasteiger partial charge in [0.25, 0.3) is 5.91 Å². The summed E-state index contributed by atoms with van der Waals surface area (Å²) < 4.78 is 2.64. The molecule has 2 heterocycles. The first kappa shape index (κ1) is 17.9. The minimum atomic E-state index is -0.0642. The maximum atomic E-state index is 12.6. The molecule has 0 spiro atoms. The first-order chi connectivity index (χ1) is 10.6. The number of amides is 1.